The van der Waals surface area contributed by atoms with E-state index in [0.29, 0.717) is 0 Å². The molecule has 1 aromatic rings. The van der Waals surface area contributed by atoms with Crippen molar-refractivity contribution in [2.24, 2.45) is 0 Å². The maximum absolute atomic E-state index is 10.3. The fourth-order valence-corrected chi connectivity index (χ4v) is 5.72. The third kappa shape index (κ3) is 10.5. The summed E-state index contributed by atoms with van der Waals surface area (Å²) in [5, 5.41) is 25.1. The zero-order valence-corrected chi connectivity index (χ0v) is 12.6. The molecule has 0 saturated carbocycles. The van der Waals surface area contributed by atoms with Gasteiger partial charge in [0.1, 0.15) is 0 Å². The summed E-state index contributed by atoms with van der Waals surface area (Å²) in [6, 6.07) is 5.72. The molecule has 0 aromatic carbocycles. The molecule has 0 amide bonds. The molecule has 0 radical (unpaired) electrons. The summed E-state index contributed by atoms with van der Waals surface area (Å²) < 4.78 is 7.42. The number of rotatable bonds is 3. The van der Waals surface area contributed by atoms with Gasteiger partial charge in [-0.05, 0) is 12.1 Å². The van der Waals surface area contributed by atoms with E-state index in [-0.39, 0.29) is 0 Å². The molecule has 0 unspecified atom stereocenters. The van der Waals surface area contributed by atoms with E-state index in [4.69, 9.17) is 15.3 Å². The number of carbonyl (C=O) groups is 3. The second-order valence-corrected chi connectivity index (χ2v) is 11.4. The zero-order valence-electron chi connectivity index (χ0n) is 10.3. The van der Waals surface area contributed by atoms with E-state index >= 15 is 0 Å². The fourth-order valence-electron chi connectivity index (χ4n) is 1.04. The number of nitrogens with zero attached hydrogens (tertiary/aromatic N) is 2. The number of carboxylic acids is 3. The Kier molecular flexibility index (Phi) is 8.82. The van der Waals surface area contributed by atoms with Gasteiger partial charge in [-0.2, -0.15) is 0 Å². The molecule has 1 heterocycles. The van der Waals surface area contributed by atoms with E-state index in [0.717, 1.165) is 0 Å². The van der Waals surface area contributed by atoms with E-state index in [1.165, 1.54) is 0 Å². The molecular formula is C11H14GdN2O6. The second-order valence-electron chi connectivity index (χ2n) is 3.45. The quantitative estimate of drug-likeness (QED) is 0.652. The maximum atomic E-state index is 10.3. The Labute approximate surface area is 122 Å². The third-order valence-electron chi connectivity index (χ3n) is 1.59. The minimum Gasteiger partial charge on any atom is -0.265 e. The molecule has 20 heavy (non-hydrogen) atoms. The van der Waals surface area contributed by atoms with Crippen molar-refractivity contribution in [3.05, 3.63) is 30.6 Å². The number of hydrogen-bond donors (Lipinski definition) is 3. The molecule has 1 rings (SSSR count). The van der Waals surface area contributed by atoms with Crippen molar-refractivity contribution in [1.29, 1.82) is 1.33 Å². The molecule has 0 aliphatic carbocycles. The molecule has 0 fully saturated rings. The van der Waals surface area contributed by atoms with Crippen LogP contribution < -0.4 is 0 Å². The van der Waals surface area contributed by atoms with Crippen LogP contribution in [0.3, 0.4) is 0 Å². The first-order valence-electron chi connectivity index (χ1n) is 5.10. The van der Waals surface area contributed by atoms with E-state index in [9.17, 15) is 15.7 Å². The van der Waals surface area contributed by atoms with E-state index in [1.54, 1.807) is 12.4 Å². The first kappa shape index (κ1) is 18.6. The van der Waals surface area contributed by atoms with Crippen LogP contribution in [0.25, 0.3) is 0 Å². The topological polar surface area (TPSA) is 149 Å². The number of pyridine rings is 1. The maximum Gasteiger partial charge on any atom is 0.0267 e. The Morgan fingerprint density at radius 3 is 1.35 bits per heavy atom. The van der Waals surface area contributed by atoms with Gasteiger partial charge in [-0.15, -0.1) is 0 Å². The molecule has 0 spiro atoms. The summed E-state index contributed by atoms with van der Waals surface area (Å²) in [6.45, 7) is 0. The van der Waals surface area contributed by atoms with Crippen LogP contribution in [0.5, 0.6) is 0 Å². The van der Waals surface area contributed by atoms with Gasteiger partial charge in [0.15, 0.2) is 0 Å². The first-order valence-corrected chi connectivity index (χ1v) is 10.9. The average Bonchev–Trinajstić information content (AvgIpc) is 2.27. The second kappa shape index (κ2) is 9.49. The molecule has 0 saturated heterocycles. The largest absolute Gasteiger partial charge is 0.265 e. The van der Waals surface area contributed by atoms with Gasteiger partial charge in [0.05, 0.1) is 0 Å². The first-order chi connectivity index (χ1) is 9.25. The Bertz CT molecular complexity index is 484. The predicted octanol–water partition coefficient (Wildman–Crippen LogP) is 1.21. The summed E-state index contributed by atoms with van der Waals surface area (Å²) in [5.41, 5.74) is 0. The molecule has 112 valence electrons. The van der Waals surface area contributed by atoms with Gasteiger partial charge in [0, 0.05) is 12.4 Å². The van der Waals surface area contributed by atoms with Crippen molar-refractivity contribution in [2.75, 3.05) is 0 Å². The summed E-state index contributed by atoms with van der Waals surface area (Å²) in [6.07, 6.45) is 3.50. The molecule has 1 aromatic heterocycles. The summed E-state index contributed by atoms with van der Waals surface area (Å²) in [5.74, 6) is -4.09. The van der Waals surface area contributed by atoms with Crippen molar-refractivity contribution >= 4 is 17.9 Å². The molecule has 3 N–H and O–H groups in total. The normalized spacial score (nSPS) is 10.8. The van der Waals surface area contributed by atoms with Crippen LogP contribution in [-0.2, 0) is 14.4 Å². The van der Waals surface area contributed by atoms with Gasteiger partial charge < -0.3 is 0 Å². The van der Waals surface area contributed by atoms with Crippen LogP contribution >= 0.6 is 0 Å². The van der Waals surface area contributed by atoms with E-state index in [2.05, 4.69) is 4.98 Å². The molecule has 9 heteroatoms. The monoisotopic (exact) mass is 428 g/mol. The van der Waals surface area contributed by atoms with Crippen molar-refractivity contribution in [1.82, 2.24) is 4.98 Å². The van der Waals surface area contributed by atoms with Gasteiger partial charge >= 0.3 is 87.0 Å². The molecular weight excluding hydrogens is 413 g/mol. The van der Waals surface area contributed by atoms with Gasteiger partial charge in [0.2, 0.25) is 0 Å². The van der Waals surface area contributed by atoms with E-state index < -0.39 is 56.0 Å². The summed E-state index contributed by atoms with van der Waals surface area (Å²) >= 11 is -4.34. The van der Waals surface area contributed by atoms with Crippen molar-refractivity contribution in [3.8, 4) is 0 Å². The molecule has 0 bridgehead atoms. The van der Waals surface area contributed by atoms with Crippen LogP contribution in [-0.4, -0.2) is 38.2 Å². The van der Waals surface area contributed by atoms with Crippen molar-refractivity contribution in [2.45, 2.75) is 6.60 Å². The van der Waals surface area contributed by atoms with E-state index in [1.807, 2.05) is 18.2 Å². The van der Waals surface area contributed by atoms with Gasteiger partial charge in [-0.1, -0.05) is 6.07 Å². The smallest absolute Gasteiger partial charge is 0.0267 e. The number of aromatic nitrogens is 1. The standard InChI is InChI=1S/C5H5N.3C2H3O2.Gd.N/c1-2-4-6-5-3-1;3*1-2(3)4;;/h1-5H;3*1H2,(H,3,4);;. The predicted molar refractivity (Wildman–Crippen MR) is 63.3 cm³/mol. The molecule has 0 atom stereocenters. The summed E-state index contributed by atoms with van der Waals surface area (Å²) in [7, 11) is 0. The number of carboxylic acid groups (broad SMARTS) is 3. The third-order valence-corrected chi connectivity index (χ3v) is 8.12. The van der Waals surface area contributed by atoms with Crippen LogP contribution in [0.15, 0.2) is 30.6 Å². The van der Waals surface area contributed by atoms with Gasteiger partial charge in [-0.25, -0.2) is 0 Å². The van der Waals surface area contributed by atoms with Crippen LogP contribution in [0.1, 0.15) is 0 Å². The van der Waals surface area contributed by atoms with Gasteiger partial charge in [0.25, 0.3) is 0 Å². The average molecular weight is 427 g/mol. The Morgan fingerprint density at radius 2 is 1.20 bits per heavy atom. The Balaban J connectivity index is 0.000000493. The zero-order chi connectivity index (χ0) is 15.6. The minimum absolute atomic E-state index is 0.717. The number of hydrogen-bond acceptors (Lipinski definition) is 5. The Morgan fingerprint density at radius 1 is 0.850 bits per heavy atom. The SMILES string of the molecule is [N]#[Gd]([CH2]C(=O)O)([CH2]C(=O)O)[CH2]C(=O)O.c1ccncc1. The number of aliphatic carboxylic acids is 3. The summed E-state index contributed by atoms with van der Waals surface area (Å²) in [4.78, 5) is 34.6. The van der Waals surface area contributed by atoms with Crippen LogP contribution in [0.2, 0.25) is 6.60 Å². The van der Waals surface area contributed by atoms with Gasteiger partial charge in [-0.3, -0.25) is 4.98 Å². The fraction of sp³-hybridized carbons (Fsp3) is 0.273. The minimum atomic E-state index is -4.34. The van der Waals surface area contributed by atoms with Crippen LogP contribution in [0, 0.1) is 32.8 Å². The Hall–Kier alpha value is -1.41. The molecule has 0 aliphatic rings. The molecule has 0 aliphatic heterocycles. The van der Waals surface area contributed by atoms with Crippen molar-refractivity contribution < 1.29 is 61.2 Å². The van der Waals surface area contributed by atoms with Crippen molar-refractivity contribution in [3.63, 3.8) is 0 Å². The van der Waals surface area contributed by atoms with Crippen LogP contribution in [0.4, 0.5) is 0 Å². The molecule has 8 nitrogen and oxygen atoms in total.